The first-order chi connectivity index (χ1) is 48.4. The Morgan fingerprint density at radius 1 is 0.373 bits per heavy atom. The molecule has 0 aliphatic heterocycles. The lowest BCUT2D eigenvalue weighted by Crippen LogP contribution is -2.20. The van der Waals surface area contributed by atoms with E-state index >= 15 is 0 Å². The number of nitrogens with one attached hydrogen (secondary N) is 2. The lowest BCUT2D eigenvalue weighted by Gasteiger charge is -2.09. The lowest BCUT2D eigenvalue weighted by atomic mass is 10.0. The van der Waals surface area contributed by atoms with Crippen LogP contribution in [-0.4, -0.2) is 55.9 Å². The molecular weight excluding hydrogens is 1430 g/mol. The van der Waals surface area contributed by atoms with E-state index < -0.39 is 41.1 Å². The van der Waals surface area contributed by atoms with Crippen molar-refractivity contribution in [2.75, 3.05) is 0 Å². The van der Waals surface area contributed by atoms with Crippen molar-refractivity contribution >= 4 is 112 Å². The van der Waals surface area contributed by atoms with E-state index in [1.165, 1.54) is 59.9 Å². The molecule has 102 heavy (non-hydrogen) atoms. The third-order valence-electron chi connectivity index (χ3n) is 15.6. The lowest BCUT2D eigenvalue weighted by molar-refractivity contribution is 0.103. The van der Waals surface area contributed by atoms with E-state index in [4.69, 9.17) is 0 Å². The topological polar surface area (TPSA) is 212 Å². The van der Waals surface area contributed by atoms with Gasteiger partial charge in [0.05, 0.1) is 57.1 Å². The fraction of sp³-hybridized carbons (Fsp3) is 0.0380. The summed E-state index contributed by atoms with van der Waals surface area (Å²) in [6.45, 7) is 1.91. The molecule has 14 nitrogen and oxygen atoms in total. The number of hydrogen-bond donors (Lipinski definition) is 4. The fourth-order valence-electron chi connectivity index (χ4n) is 10.2. The Hall–Kier alpha value is -10.4. The molecule has 0 saturated carbocycles. The molecular formula is C79H62F2N4O10S7. The van der Waals surface area contributed by atoms with Crippen molar-refractivity contribution in [3.8, 4) is 5.69 Å². The summed E-state index contributed by atoms with van der Waals surface area (Å²) in [6, 6.07) is 79.3. The smallest absolute Gasteiger partial charge is 0.306 e. The van der Waals surface area contributed by atoms with Crippen molar-refractivity contribution in [2.45, 2.75) is 73.1 Å². The molecule has 2 N–H and O–H groups in total. The van der Waals surface area contributed by atoms with Crippen molar-refractivity contribution in [3.63, 3.8) is 0 Å². The summed E-state index contributed by atoms with van der Waals surface area (Å²) in [5.41, 5.74) is 6.83. The van der Waals surface area contributed by atoms with Crippen molar-refractivity contribution in [1.29, 1.82) is 0 Å². The second-order valence-corrected chi connectivity index (χ2v) is 31.6. The second kappa shape index (κ2) is 32.5. The van der Waals surface area contributed by atoms with Crippen molar-refractivity contribution in [2.24, 2.45) is 7.05 Å². The largest absolute Gasteiger partial charge is 0.333 e. The summed E-state index contributed by atoms with van der Waals surface area (Å²) in [7, 11) is -9.42. The number of benzene rings is 12. The van der Waals surface area contributed by atoms with E-state index in [-0.39, 0.29) is 59.7 Å². The van der Waals surface area contributed by atoms with Gasteiger partial charge in [0.15, 0.2) is 11.6 Å². The first kappa shape index (κ1) is 74.3. The Morgan fingerprint density at radius 2 is 0.647 bits per heavy atom. The average molecular weight is 1490 g/mol. The second-order valence-electron chi connectivity index (χ2n) is 22.5. The molecule has 0 amide bonds. The van der Waals surface area contributed by atoms with Gasteiger partial charge < -0.3 is 9.97 Å². The maximum absolute atomic E-state index is 13.5. The molecule has 0 atom stereocenters. The van der Waals surface area contributed by atoms with Gasteiger partial charge in [-0.05, 0) is 262 Å². The van der Waals surface area contributed by atoms with E-state index in [1.54, 1.807) is 150 Å². The minimum Gasteiger partial charge on any atom is -0.306 e. The summed E-state index contributed by atoms with van der Waals surface area (Å²) in [6.07, 6.45) is 0. The zero-order valence-electron chi connectivity index (χ0n) is 53.4. The number of halogens is 2. The van der Waals surface area contributed by atoms with E-state index in [0.717, 1.165) is 81.3 Å². The molecule has 23 heteroatoms. The number of carbonyl (C=O) groups excluding carboxylic acids is 2. The van der Waals surface area contributed by atoms with Gasteiger partial charge in [0.25, 0.3) is 0 Å². The highest BCUT2D eigenvalue weighted by atomic mass is 32.2. The molecule has 14 aromatic rings. The van der Waals surface area contributed by atoms with Gasteiger partial charge in [-0.2, -0.15) is 0 Å². The molecule has 12 aromatic carbocycles. The van der Waals surface area contributed by atoms with Crippen LogP contribution in [-0.2, 0) is 36.6 Å². The predicted molar refractivity (Wildman–Crippen MR) is 403 cm³/mol. The molecule has 0 spiro atoms. The number of fused-ring (bicyclic) bond motifs is 2. The fourth-order valence-corrected chi connectivity index (χ4v) is 15.9. The third-order valence-corrected chi connectivity index (χ3v) is 23.6. The molecule has 14 rings (SSSR count). The van der Waals surface area contributed by atoms with Gasteiger partial charge in [0.2, 0.25) is 29.5 Å². The highest BCUT2D eigenvalue weighted by Crippen LogP contribution is 2.34. The van der Waals surface area contributed by atoms with Crippen LogP contribution < -0.4 is 11.4 Å². The normalized spacial score (nSPS) is 11.2. The van der Waals surface area contributed by atoms with E-state index in [0.29, 0.717) is 27.9 Å². The summed E-state index contributed by atoms with van der Waals surface area (Å²) in [5, 5.41) is 0. The number of H-pyrrole nitrogens is 2. The van der Waals surface area contributed by atoms with Gasteiger partial charge in [-0.3, -0.25) is 18.7 Å². The summed E-state index contributed by atoms with van der Waals surface area (Å²) < 4.78 is 106. The van der Waals surface area contributed by atoms with E-state index in [2.05, 4.69) is 35.2 Å². The number of imidazole rings is 2. The Bertz CT molecular complexity index is 5650. The number of ketones is 2. The Balaban J connectivity index is 0.000000202. The van der Waals surface area contributed by atoms with Crippen molar-refractivity contribution in [1.82, 2.24) is 19.1 Å². The number of carbonyl (C=O) groups is 2. The molecule has 2 aromatic heterocycles. The number of sulfone groups is 3. The summed E-state index contributed by atoms with van der Waals surface area (Å²) in [5.74, 6) is -1.13. The van der Waals surface area contributed by atoms with Crippen LogP contribution in [0.25, 0.3) is 27.8 Å². The number of aromatic amines is 2. The van der Waals surface area contributed by atoms with Crippen LogP contribution in [0.5, 0.6) is 0 Å². The van der Waals surface area contributed by atoms with E-state index in [9.17, 15) is 53.2 Å². The SMILES string of the molecule is C.Cc1ccc(S(=O)(=O)c2ccc(Sc3ccc(C(=O)c4ccc(Sc5ccc(S(=O)(=O)c6ccc(-n7c(=O)n(C)c8ccccc87)cc6)cc5)cc4)cc3)cc2)cc1.O=C(c1ccc(S)cc1)c1ccc(S)cc1.O=S(=O)(c1ccc(F)cc1)c1ccc(F)cc1.O=c1[nH]c2ccccc2[nH]1. The molecule has 0 aliphatic rings. The number of nitrogens with zero attached hydrogens (tertiary/aromatic N) is 2. The molecule has 2 heterocycles. The van der Waals surface area contributed by atoms with Gasteiger partial charge in [0, 0.05) is 58.7 Å². The first-order valence-corrected chi connectivity index (χ1v) is 37.6. The maximum atomic E-state index is 13.5. The number of para-hydroxylation sites is 4. The zero-order valence-corrected chi connectivity index (χ0v) is 59.3. The van der Waals surface area contributed by atoms with E-state index in [1.807, 2.05) is 104 Å². The van der Waals surface area contributed by atoms with Crippen LogP contribution in [0, 0.1) is 18.6 Å². The van der Waals surface area contributed by atoms with Crippen LogP contribution in [0.15, 0.2) is 360 Å². The summed E-state index contributed by atoms with van der Waals surface area (Å²) >= 11 is 11.3. The van der Waals surface area contributed by atoms with Gasteiger partial charge in [-0.15, -0.1) is 25.3 Å². The highest BCUT2D eigenvalue weighted by molar-refractivity contribution is 7.99. The molecule has 0 radical (unpaired) electrons. The molecule has 0 unspecified atom stereocenters. The third kappa shape index (κ3) is 17.7. The number of rotatable bonds is 15. The van der Waals surface area contributed by atoms with Crippen LogP contribution in [0.1, 0.15) is 44.8 Å². The van der Waals surface area contributed by atoms with Crippen molar-refractivity contribution in [3.05, 3.63) is 352 Å². The standard InChI is InChI=1S/C46H34N2O6S4.C13H10OS2.C12H8F2O2S.C7H6N2O.CH4/c1-31-7-23-39(24-8-31)57(51,52)41-27-19-37(20-28-41)55-35-15-9-32(10-16-35)45(49)33-11-17-36(18-12-33)56-38-21-29-42(30-22-38)58(53,54)40-25-13-34(14-26-40)48-44-6-4-3-5-43(44)47(2)46(48)50;14-13(9-1-5-11(15)6-2-9)10-3-7-12(16)8-4-10;13-9-1-5-11(6-2-9)17(15,16)12-7-3-10(14)4-8-12;10-7-8-5-3-1-2-4-6(5)9-7;/h3-30H,1-2H3;1-8,15-16H;1-8H;1-4H,(H2,8,9,10);1H4. The van der Waals surface area contributed by atoms with Crippen LogP contribution in [0.2, 0.25) is 0 Å². The molecule has 0 aliphatic carbocycles. The van der Waals surface area contributed by atoms with Gasteiger partial charge in [0.1, 0.15) is 11.6 Å². The quantitative estimate of drug-likeness (QED) is 0.0429. The number of aromatic nitrogens is 4. The molecule has 514 valence electrons. The molecule has 0 fully saturated rings. The Morgan fingerprint density at radius 3 is 0.990 bits per heavy atom. The van der Waals surface area contributed by atoms with Crippen LogP contribution in [0.4, 0.5) is 8.78 Å². The average Bonchev–Trinajstić information content (AvgIpc) is 1.60. The van der Waals surface area contributed by atoms with Crippen LogP contribution in [0.3, 0.4) is 0 Å². The predicted octanol–water partition coefficient (Wildman–Crippen LogP) is 17.6. The van der Waals surface area contributed by atoms with Gasteiger partial charge in [-0.25, -0.2) is 43.6 Å². The Kier molecular flexibility index (Phi) is 23.7. The summed E-state index contributed by atoms with van der Waals surface area (Å²) in [4.78, 5) is 60.2. The number of hydrogen-bond acceptors (Lipinski definition) is 14. The monoisotopic (exact) mass is 1490 g/mol. The van der Waals surface area contributed by atoms with Crippen LogP contribution >= 0.6 is 48.8 Å². The molecule has 0 saturated heterocycles. The minimum atomic E-state index is -3.81. The maximum Gasteiger partial charge on any atom is 0.333 e. The number of thiol groups is 2. The van der Waals surface area contributed by atoms with Gasteiger partial charge >= 0.3 is 11.4 Å². The van der Waals surface area contributed by atoms with Gasteiger partial charge in [-0.1, -0.05) is 72.9 Å². The highest BCUT2D eigenvalue weighted by Gasteiger charge is 2.22. The zero-order chi connectivity index (χ0) is 71.6. The Labute approximate surface area is 607 Å². The minimum absolute atomic E-state index is 0. The number of aryl methyl sites for hydroxylation is 2. The van der Waals surface area contributed by atoms with Crippen molar-refractivity contribution < 1.29 is 43.6 Å². The molecule has 0 bridgehead atoms. The first-order valence-electron chi connectivity index (χ1n) is 30.6.